The van der Waals surface area contributed by atoms with Crippen molar-refractivity contribution in [2.45, 2.75) is 6.04 Å². The maximum atomic E-state index is 13.3. The molecule has 2 saturated heterocycles. The maximum absolute atomic E-state index is 13.3. The highest BCUT2D eigenvalue weighted by Gasteiger charge is 2.37. The van der Waals surface area contributed by atoms with Crippen molar-refractivity contribution in [2.24, 2.45) is 0 Å². The van der Waals surface area contributed by atoms with E-state index in [-0.39, 0.29) is 17.6 Å². The highest BCUT2D eigenvalue weighted by Crippen LogP contribution is 2.26. The zero-order chi connectivity index (χ0) is 24.8. The smallest absolute Gasteiger partial charge is 0.264 e. The Morgan fingerprint density at radius 1 is 0.861 bits per heavy atom. The van der Waals surface area contributed by atoms with Crippen LogP contribution in [0.1, 0.15) is 20.0 Å². The minimum absolute atomic E-state index is 0.0334. The van der Waals surface area contributed by atoms with Crippen LogP contribution in [0.15, 0.2) is 66.9 Å². The van der Waals surface area contributed by atoms with E-state index in [1.54, 1.807) is 24.3 Å². The lowest BCUT2D eigenvalue weighted by Crippen LogP contribution is -2.64. The Bertz CT molecular complexity index is 1440. The number of rotatable bonds is 4. The van der Waals surface area contributed by atoms with E-state index in [0.717, 1.165) is 29.7 Å². The van der Waals surface area contributed by atoms with Crippen LogP contribution in [0.2, 0.25) is 4.34 Å². The van der Waals surface area contributed by atoms with E-state index in [1.165, 1.54) is 23.5 Å². The summed E-state index contributed by atoms with van der Waals surface area (Å²) in [6.45, 7) is 4.37. The number of halogens is 2. The van der Waals surface area contributed by atoms with Gasteiger partial charge in [-0.25, -0.2) is 4.39 Å². The highest BCUT2D eigenvalue weighted by molar-refractivity contribution is 7.17. The molecule has 6 rings (SSSR count). The number of hydrogen-bond acceptors (Lipinski definition) is 4. The fourth-order valence-electron chi connectivity index (χ4n) is 5.01. The first-order chi connectivity index (χ1) is 17.5. The molecule has 2 amide bonds. The molecule has 2 aliphatic heterocycles. The first-order valence-corrected chi connectivity index (χ1v) is 13.1. The van der Waals surface area contributed by atoms with E-state index in [9.17, 15) is 14.0 Å². The highest BCUT2D eigenvalue weighted by atomic mass is 35.5. The first kappa shape index (κ1) is 23.2. The van der Waals surface area contributed by atoms with Crippen LogP contribution in [-0.2, 0) is 0 Å². The van der Waals surface area contributed by atoms with Gasteiger partial charge in [0.15, 0.2) is 0 Å². The van der Waals surface area contributed by atoms with E-state index < -0.39 is 0 Å². The minimum atomic E-state index is -0.268. The molecule has 2 aliphatic rings. The number of carbonyl (C=O) groups is 2. The molecule has 6 nitrogen and oxygen atoms in total. The van der Waals surface area contributed by atoms with Crippen molar-refractivity contribution in [2.75, 3.05) is 39.3 Å². The Morgan fingerprint density at radius 2 is 1.61 bits per heavy atom. The molecule has 0 bridgehead atoms. The first-order valence-electron chi connectivity index (χ1n) is 11.9. The topological polar surface area (TPSA) is 48.8 Å². The summed E-state index contributed by atoms with van der Waals surface area (Å²) in [4.78, 5) is 32.6. The SMILES string of the molecule is O=C(c1ccc2c(ccn2-c2ccc(F)cc2)c1)N1CC(N2CCN(C(=O)c3ccc(Cl)s3)CC2)C1. The number of fused-ring (bicyclic) bond motifs is 1. The molecule has 9 heteroatoms. The van der Waals surface area contributed by atoms with Crippen molar-refractivity contribution >= 4 is 45.7 Å². The molecule has 2 aromatic heterocycles. The van der Waals surface area contributed by atoms with Crippen LogP contribution in [0.25, 0.3) is 16.6 Å². The van der Waals surface area contributed by atoms with Crippen molar-refractivity contribution in [3.63, 3.8) is 0 Å². The van der Waals surface area contributed by atoms with Gasteiger partial charge in [-0.2, -0.15) is 0 Å². The molecule has 36 heavy (non-hydrogen) atoms. The summed E-state index contributed by atoms with van der Waals surface area (Å²) in [6, 6.07) is 17.9. The zero-order valence-corrected chi connectivity index (χ0v) is 21.0. The van der Waals surface area contributed by atoms with Crippen LogP contribution in [0.3, 0.4) is 0 Å². The summed E-state index contributed by atoms with van der Waals surface area (Å²) in [6.07, 6.45) is 1.93. The number of benzene rings is 2. The third kappa shape index (κ3) is 4.30. The van der Waals surface area contributed by atoms with Crippen molar-refractivity contribution in [1.29, 1.82) is 0 Å². The minimum Gasteiger partial charge on any atom is -0.335 e. The number of hydrogen-bond donors (Lipinski definition) is 0. The van der Waals surface area contributed by atoms with Crippen LogP contribution >= 0.6 is 22.9 Å². The van der Waals surface area contributed by atoms with Crippen LogP contribution < -0.4 is 0 Å². The van der Waals surface area contributed by atoms with Gasteiger partial charge in [0.05, 0.1) is 14.7 Å². The molecular weight excluding hydrogens is 499 g/mol. The van der Waals surface area contributed by atoms with E-state index >= 15 is 0 Å². The second kappa shape index (κ2) is 9.35. The maximum Gasteiger partial charge on any atom is 0.264 e. The van der Waals surface area contributed by atoms with Gasteiger partial charge in [0.1, 0.15) is 5.82 Å². The molecule has 0 spiro atoms. The van der Waals surface area contributed by atoms with Gasteiger partial charge in [0, 0.05) is 68.1 Å². The second-order valence-corrected chi connectivity index (χ2v) is 10.9. The van der Waals surface area contributed by atoms with Gasteiger partial charge in [-0.05, 0) is 60.7 Å². The predicted octanol–water partition coefficient (Wildman–Crippen LogP) is 4.77. The van der Waals surface area contributed by atoms with E-state index in [0.29, 0.717) is 47.0 Å². The fourth-order valence-corrected chi connectivity index (χ4v) is 6.02. The summed E-state index contributed by atoms with van der Waals surface area (Å²) in [5.74, 6) is -0.193. The van der Waals surface area contributed by atoms with Gasteiger partial charge < -0.3 is 14.4 Å². The number of piperazine rings is 1. The number of carbonyl (C=O) groups excluding carboxylic acids is 2. The normalized spacial score (nSPS) is 16.9. The number of aromatic nitrogens is 1. The Labute approximate surface area is 217 Å². The average molecular weight is 523 g/mol. The van der Waals surface area contributed by atoms with Gasteiger partial charge in [-0.15, -0.1) is 11.3 Å². The molecular formula is C27H24ClFN4O2S. The van der Waals surface area contributed by atoms with Crippen molar-refractivity contribution < 1.29 is 14.0 Å². The molecule has 0 atom stereocenters. The molecule has 0 N–H and O–H groups in total. The van der Waals surface area contributed by atoms with Crippen LogP contribution in [0, 0.1) is 5.82 Å². The molecule has 4 aromatic rings. The summed E-state index contributed by atoms with van der Waals surface area (Å²) in [5.41, 5.74) is 2.51. The lowest BCUT2D eigenvalue weighted by Gasteiger charge is -2.48. The van der Waals surface area contributed by atoms with Gasteiger partial charge in [-0.3, -0.25) is 14.5 Å². The number of amides is 2. The monoisotopic (exact) mass is 522 g/mol. The van der Waals surface area contributed by atoms with Crippen LogP contribution in [-0.4, -0.2) is 76.4 Å². The molecule has 0 saturated carbocycles. The lowest BCUT2D eigenvalue weighted by molar-refractivity contribution is 0.00864. The third-order valence-electron chi connectivity index (χ3n) is 7.09. The Morgan fingerprint density at radius 3 is 2.31 bits per heavy atom. The zero-order valence-electron chi connectivity index (χ0n) is 19.4. The van der Waals surface area contributed by atoms with Gasteiger partial charge in [0.25, 0.3) is 11.8 Å². The Hall–Kier alpha value is -3.20. The van der Waals surface area contributed by atoms with Gasteiger partial charge in [-0.1, -0.05) is 11.6 Å². The molecule has 0 aliphatic carbocycles. The molecule has 184 valence electrons. The van der Waals surface area contributed by atoms with Gasteiger partial charge in [0.2, 0.25) is 0 Å². The molecule has 0 unspecified atom stereocenters. The summed E-state index contributed by atoms with van der Waals surface area (Å²) < 4.78 is 15.9. The van der Waals surface area contributed by atoms with E-state index in [4.69, 9.17) is 11.6 Å². The summed E-state index contributed by atoms with van der Waals surface area (Å²) >= 11 is 7.29. The quantitative estimate of drug-likeness (QED) is 0.388. The Kier molecular flexibility index (Phi) is 6.03. The van der Waals surface area contributed by atoms with E-state index in [2.05, 4.69) is 4.90 Å². The number of thiophene rings is 1. The molecule has 2 fully saturated rings. The van der Waals surface area contributed by atoms with Gasteiger partial charge >= 0.3 is 0 Å². The standard InChI is InChI=1S/C27H24ClFN4O2S/c28-25-8-7-24(36-25)27(35)31-13-11-30(12-14-31)22-16-32(17-22)26(34)19-1-6-23-18(15-19)9-10-33(23)21-4-2-20(29)3-5-21/h1-10,15,22H,11-14,16-17H2. The fraction of sp³-hybridized carbons (Fsp3) is 0.259. The Balaban J connectivity index is 1.05. The molecule has 4 heterocycles. The largest absolute Gasteiger partial charge is 0.335 e. The second-order valence-electron chi connectivity index (χ2n) is 9.23. The lowest BCUT2D eigenvalue weighted by atomic mass is 10.0. The number of nitrogens with zero attached hydrogens (tertiary/aromatic N) is 4. The predicted molar refractivity (Wildman–Crippen MR) is 140 cm³/mol. The van der Waals surface area contributed by atoms with Crippen LogP contribution in [0.5, 0.6) is 0 Å². The number of likely N-dealkylation sites (tertiary alicyclic amines) is 1. The van der Waals surface area contributed by atoms with Crippen molar-refractivity contribution in [3.05, 3.63) is 87.5 Å². The summed E-state index contributed by atoms with van der Waals surface area (Å²) in [5, 5.41) is 0.968. The molecule has 2 aromatic carbocycles. The average Bonchev–Trinajstić information content (AvgIpc) is 3.49. The van der Waals surface area contributed by atoms with Crippen molar-refractivity contribution in [3.8, 4) is 5.69 Å². The van der Waals surface area contributed by atoms with E-state index in [1.807, 2.05) is 44.8 Å². The summed E-state index contributed by atoms with van der Waals surface area (Å²) in [7, 11) is 0. The molecule has 0 radical (unpaired) electrons. The third-order valence-corrected chi connectivity index (χ3v) is 8.31. The van der Waals surface area contributed by atoms with Crippen molar-refractivity contribution in [1.82, 2.24) is 19.3 Å². The van der Waals surface area contributed by atoms with Crippen LogP contribution in [0.4, 0.5) is 4.39 Å².